The van der Waals surface area contributed by atoms with Crippen LogP contribution in [0.15, 0.2) is 53.7 Å². The molecule has 118 valence electrons. The van der Waals surface area contributed by atoms with Gasteiger partial charge in [0.25, 0.3) is 10.0 Å². The van der Waals surface area contributed by atoms with Gasteiger partial charge in [-0.3, -0.25) is 14.3 Å². The van der Waals surface area contributed by atoms with Crippen molar-refractivity contribution < 1.29 is 12.8 Å². The van der Waals surface area contributed by atoms with Crippen LogP contribution in [0.25, 0.3) is 11.0 Å². The number of hydrogen-bond acceptors (Lipinski definition) is 4. The van der Waals surface area contributed by atoms with Crippen LogP contribution in [0.4, 0.5) is 10.1 Å². The smallest absolute Gasteiger partial charge is 0.264 e. The molecule has 2 aromatic carbocycles. The molecule has 1 aromatic heterocycles. The number of nitrogens with zero attached hydrogens (tertiary/aromatic N) is 3. The SMILES string of the molecule is Cc1cc(F)ccc1S(=O)(=O)N(C)c1ccc2nccnc2c1. The molecule has 3 aromatic rings. The van der Waals surface area contributed by atoms with Crippen molar-refractivity contribution in [3.05, 3.63) is 60.2 Å². The average Bonchev–Trinajstić information content (AvgIpc) is 2.53. The zero-order chi connectivity index (χ0) is 16.6. The summed E-state index contributed by atoms with van der Waals surface area (Å²) in [6, 6.07) is 8.64. The molecule has 0 radical (unpaired) electrons. The summed E-state index contributed by atoms with van der Waals surface area (Å²) in [5.41, 5.74) is 2.10. The molecule has 0 N–H and O–H groups in total. The van der Waals surface area contributed by atoms with E-state index >= 15 is 0 Å². The van der Waals surface area contributed by atoms with Crippen LogP contribution in [-0.4, -0.2) is 25.4 Å². The first-order valence-corrected chi connectivity index (χ1v) is 8.29. The van der Waals surface area contributed by atoms with Gasteiger partial charge in [0.2, 0.25) is 0 Å². The van der Waals surface area contributed by atoms with Crippen LogP contribution in [0.2, 0.25) is 0 Å². The number of aryl methyl sites for hydroxylation is 1. The molecule has 0 unspecified atom stereocenters. The van der Waals surface area contributed by atoms with Crippen molar-refractivity contribution in [2.75, 3.05) is 11.4 Å². The van der Waals surface area contributed by atoms with Gasteiger partial charge in [-0.05, 0) is 48.9 Å². The molecule has 0 aliphatic heterocycles. The quantitative estimate of drug-likeness (QED) is 0.740. The summed E-state index contributed by atoms with van der Waals surface area (Å²) in [6.07, 6.45) is 3.12. The van der Waals surface area contributed by atoms with Crippen molar-refractivity contribution in [3.8, 4) is 0 Å². The van der Waals surface area contributed by atoms with E-state index in [1.807, 2.05) is 0 Å². The molecule has 0 aliphatic carbocycles. The fourth-order valence-electron chi connectivity index (χ4n) is 2.34. The fourth-order valence-corrected chi connectivity index (χ4v) is 3.73. The largest absolute Gasteiger partial charge is 0.269 e. The number of halogens is 1. The molecular formula is C16H14FN3O2S. The highest BCUT2D eigenvalue weighted by atomic mass is 32.2. The summed E-state index contributed by atoms with van der Waals surface area (Å²) < 4.78 is 39.9. The Morgan fingerprint density at radius 1 is 1.00 bits per heavy atom. The average molecular weight is 331 g/mol. The van der Waals surface area contributed by atoms with E-state index in [0.29, 0.717) is 22.3 Å². The number of hydrogen-bond donors (Lipinski definition) is 0. The third kappa shape index (κ3) is 2.75. The maximum absolute atomic E-state index is 13.2. The monoisotopic (exact) mass is 331 g/mol. The van der Waals surface area contributed by atoms with Crippen molar-refractivity contribution in [1.82, 2.24) is 9.97 Å². The van der Waals surface area contributed by atoms with Crippen LogP contribution in [0, 0.1) is 12.7 Å². The summed E-state index contributed by atoms with van der Waals surface area (Å²) in [6.45, 7) is 1.57. The summed E-state index contributed by atoms with van der Waals surface area (Å²) >= 11 is 0. The highest BCUT2D eigenvalue weighted by Gasteiger charge is 2.23. The Balaban J connectivity index is 2.07. The van der Waals surface area contributed by atoms with Gasteiger partial charge >= 0.3 is 0 Å². The van der Waals surface area contributed by atoms with Crippen LogP contribution in [0.3, 0.4) is 0 Å². The molecule has 3 rings (SSSR count). The van der Waals surface area contributed by atoms with E-state index in [4.69, 9.17) is 0 Å². The number of benzene rings is 2. The molecule has 1 heterocycles. The first kappa shape index (κ1) is 15.4. The van der Waals surface area contributed by atoms with Gasteiger partial charge < -0.3 is 0 Å². The van der Waals surface area contributed by atoms with Crippen molar-refractivity contribution >= 4 is 26.7 Å². The molecule has 0 saturated heterocycles. The second-order valence-corrected chi connectivity index (χ2v) is 7.05. The lowest BCUT2D eigenvalue weighted by molar-refractivity contribution is 0.592. The highest BCUT2D eigenvalue weighted by molar-refractivity contribution is 7.92. The predicted molar refractivity (Wildman–Crippen MR) is 86.3 cm³/mol. The third-order valence-corrected chi connectivity index (χ3v) is 5.54. The summed E-state index contributed by atoms with van der Waals surface area (Å²) in [7, 11) is -2.34. The minimum absolute atomic E-state index is 0.0700. The topological polar surface area (TPSA) is 63.2 Å². The lowest BCUT2D eigenvalue weighted by Crippen LogP contribution is -2.27. The number of rotatable bonds is 3. The van der Waals surface area contributed by atoms with E-state index in [9.17, 15) is 12.8 Å². The van der Waals surface area contributed by atoms with Gasteiger partial charge in [0.15, 0.2) is 0 Å². The van der Waals surface area contributed by atoms with Crippen molar-refractivity contribution in [3.63, 3.8) is 0 Å². The second-order valence-electron chi connectivity index (χ2n) is 5.11. The molecule has 0 bridgehead atoms. The number of sulfonamides is 1. The van der Waals surface area contributed by atoms with Crippen LogP contribution < -0.4 is 4.31 Å². The maximum Gasteiger partial charge on any atom is 0.264 e. The van der Waals surface area contributed by atoms with E-state index < -0.39 is 15.8 Å². The Bertz CT molecular complexity index is 990. The summed E-state index contributed by atoms with van der Waals surface area (Å²) in [5, 5.41) is 0. The van der Waals surface area contributed by atoms with Crippen LogP contribution in [0.5, 0.6) is 0 Å². The Morgan fingerprint density at radius 3 is 2.39 bits per heavy atom. The minimum Gasteiger partial charge on any atom is -0.269 e. The molecule has 0 spiro atoms. The molecule has 7 heteroatoms. The number of fused-ring (bicyclic) bond motifs is 1. The highest BCUT2D eigenvalue weighted by Crippen LogP contribution is 2.26. The minimum atomic E-state index is -3.79. The van der Waals surface area contributed by atoms with Gasteiger partial charge in [0.05, 0.1) is 21.6 Å². The first-order chi connectivity index (χ1) is 10.9. The molecule has 0 saturated carbocycles. The van der Waals surface area contributed by atoms with Gasteiger partial charge in [-0.15, -0.1) is 0 Å². The van der Waals surface area contributed by atoms with Crippen LogP contribution in [0.1, 0.15) is 5.56 Å². The Labute approximate surface area is 133 Å². The number of aromatic nitrogens is 2. The van der Waals surface area contributed by atoms with Gasteiger partial charge in [-0.25, -0.2) is 12.8 Å². The standard InChI is InChI=1S/C16H14FN3O2S/c1-11-9-12(17)3-6-16(11)23(21,22)20(2)13-4-5-14-15(10-13)19-8-7-18-14/h3-10H,1-2H3. The maximum atomic E-state index is 13.2. The molecule has 0 aliphatic rings. The zero-order valence-corrected chi connectivity index (χ0v) is 13.4. The molecule has 5 nitrogen and oxygen atoms in total. The van der Waals surface area contributed by atoms with E-state index in [1.165, 1.54) is 19.2 Å². The molecule has 0 fully saturated rings. The van der Waals surface area contributed by atoms with E-state index in [1.54, 1.807) is 37.5 Å². The molecule has 0 atom stereocenters. The van der Waals surface area contributed by atoms with E-state index in [0.717, 1.165) is 10.4 Å². The van der Waals surface area contributed by atoms with Gasteiger partial charge in [-0.2, -0.15) is 0 Å². The zero-order valence-electron chi connectivity index (χ0n) is 12.6. The van der Waals surface area contributed by atoms with Gasteiger partial charge in [0, 0.05) is 19.4 Å². The van der Waals surface area contributed by atoms with Crippen LogP contribution >= 0.6 is 0 Å². The summed E-state index contributed by atoms with van der Waals surface area (Å²) in [4.78, 5) is 8.40. The normalized spacial score (nSPS) is 11.6. The van der Waals surface area contributed by atoms with E-state index in [-0.39, 0.29) is 4.90 Å². The summed E-state index contributed by atoms with van der Waals surface area (Å²) in [5.74, 6) is -0.468. The fraction of sp³-hybridized carbons (Fsp3) is 0.125. The predicted octanol–water partition coefficient (Wildman–Crippen LogP) is 2.90. The Morgan fingerprint density at radius 2 is 1.70 bits per heavy atom. The van der Waals surface area contributed by atoms with Crippen molar-refractivity contribution in [2.24, 2.45) is 0 Å². The van der Waals surface area contributed by atoms with Crippen molar-refractivity contribution in [1.29, 1.82) is 0 Å². The number of anilines is 1. The molecule has 0 amide bonds. The van der Waals surface area contributed by atoms with Crippen LogP contribution in [-0.2, 0) is 10.0 Å². The van der Waals surface area contributed by atoms with Gasteiger partial charge in [-0.1, -0.05) is 0 Å². The molecule has 23 heavy (non-hydrogen) atoms. The lowest BCUT2D eigenvalue weighted by Gasteiger charge is -2.20. The molecular weight excluding hydrogens is 317 g/mol. The Kier molecular flexibility index (Phi) is 3.73. The first-order valence-electron chi connectivity index (χ1n) is 6.85. The van der Waals surface area contributed by atoms with Gasteiger partial charge in [0.1, 0.15) is 5.82 Å². The van der Waals surface area contributed by atoms with Crippen molar-refractivity contribution in [2.45, 2.75) is 11.8 Å². The lowest BCUT2D eigenvalue weighted by atomic mass is 10.2. The second kappa shape index (κ2) is 5.58. The third-order valence-electron chi connectivity index (χ3n) is 3.59. The Hall–Kier alpha value is -2.54. The van der Waals surface area contributed by atoms with E-state index in [2.05, 4.69) is 9.97 Å².